The Hall–Kier alpha value is -1.59. The van der Waals surface area contributed by atoms with Crippen molar-refractivity contribution in [2.75, 3.05) is 26.2 Å². The molecule has 1 aromatic carbocycles. The van der Waals surface area contributed by atoms with E-state index in [2.05, 4.69) is 10.6 Å². The van der Waals surface area contributed by atoms with E-state index >= 15 is 0 Å². The van der Waals surface area contributed by atoms with Gasteiger partial charge in [-0.3, -0.25) is 9.59 Å². The molecule has 2 heterocycles. The molecule has 27 heavy (non-hydrogen) atoms. The molecule has 1 saturated carbocycles. The average Bonchev–Trinajstić information content (AvgIpc) is 3.28. The lowest BCUT2D eigenvalue weighted by Crippen LogP contribution is -2.47. The molecule has 0 radical (unpaired) electrons. The van der Waals surface area contributed by atoms with Crippen molar-refractivity contribution >= 4 is 23.4 Å². The van der Waals surface area contributed by atoms with Crippen LogP contribution in [0.1, 0.15) is 43.6 Å². The zero-order chi connectivity index (χ0) is 18.8. The Morgan fingerprint density at radius 2 is 2.07 bits per heavy atom. The van der Waals surface area contributed by atoms with Crippen LogP contribution in [0.4, 0.5) is 0 Å². The predicted molar refractivity (Wildman–Crippen MR) is 106 cm³/mol. The molecule has 0 bridgehead atoms. The third-order valence-corrected chi connectivity index (χ3v) is 6.53. The van der Waals surface area contributed by atoms with E-state index < -0.39 is 0 Å². The molecule has 3 aliphatic rings. The van der Waals surface area contributed by atoms with Crippen molar-refractivity contribution in [3.8, 4) is 0 Å². The van der Waals surface area contributed by atoms with Gasteiger partial charge in [-0.15, -0.1) is 0 Å². The molecular formula is C21H28ClN3O2. The fraction of sp³-hybridized carbons (Fsp3) is 0.619. The molecule has 0 spiro atoms. The molecule has 2 N–H and O–H groups in total. The second kappa shape index (κ2) is 8.19. The highest BCUT2D eigenvalue weighted by Gasteiger charge is 2.47. The summed E-state index contributed by atoms with van der Waals surface area (Å²) in [7, 11) is 0. The van der Waals surface area contributed by atoms with Gasteiger partial charge in [0, 0.05) is 30.6 Å². The van der Waals surface area contributed by atoms with Gasteiger partial charge in [0.15, 0.2) is 0 Å². The van der Waals surface area contributed by atoms with Gasteiger partial charge in [-0.05, 0) is 62.1 Å². The van der Waals surface area contributed by atoms with Crippen LogP contribution in [0.25, 0.3) is 0 Å². The number of likely N-dealkylation sites (tertiary alicyclic amines) is 1. The number of rotatable bonds is 5. The van der Waals surface area contributed by atoms with Crippen LogP contribution in [0.15, 0.2) is 24.3 Å². The summed E-state index contributed by atoms with van der Waals surface area (Å²) in [6.07, 6.45) is 4.97. The number of hydrogen-bond donors (Lipinski definition) is 2. The zero-order valence-corrected chi connectivity index (χ0v) is 16.4. The van der Waals surface area contributed by atoms with Gasteiger partial charge < -0.3 is 15.5 Å². The third kappa shape index (κ3) is 4.30. The van der Waals surface area contributed by atoms with Gasteiger partial charge in [0.05, 0.1) is 6.04 Å². The van der Waals surface area contributed by atoms with E-state index in [1.165, 1.54) is 0 Å². The van der Waals surface area contributed by atoms with Crippen molar-refractivity contribution in [2.45, 2.75) is 44.1 Å². The van der Waals surface area contributed by atoms with Crippen molar-refractivity contribution in [1.82, 2.24) is 15.5 Å². The van der Waals surface area contributed by atoms with E-state index in [4.69, 9.17) is 11.6 Å². The largest absolute Gasteiger partial charge is 0.354 e. The maximum Gasteiger partial charge on any atom is 0.237 e. The molecule has 2 amide bonds. The summed E-state index contributed by atoms with van der Waals surface area (Å²) in [5.41, 5.74) is 1.10. The van der Waals surface area contributed by atoms with E-state index in [9.17, 15) is 9.59 Å². The number of benzene rings is 1. The van der Waals surface area contributed by atoms with Gasteiger partial charge in [-0.2, -0.15) is 0 Å². The summed E-state index contributed by atoms with van der Waals surface area (Å²) >= 11 is 6.29. The number of piperidine rings is 1. The average molecular weight is 390 g/mol. The Bertz CT molecular complexity index is 704. The van der Waals surface area contributed by atoms with Crippen LogP contribution < -0.4 is 10.6 Å². The Morgan fingerprint density at radius 3 is 2.85 bits per heavy atom. The van der Waals surface area contributed by atoms with Gasteiger partial charge in [0.2, 0.25) is 11.8 Å². The Kier molecular flexibility index (Phi) is 5.69. The molecule has 0 aromatic heterocycles. The minimum absolute atomic E-state index is 0.0332. The van der Waals surface area contributed by atoms with E-state index in [-0.39, 0.29) is 29.7 Å². The highest BCUT2D eigenvalue weighted by molar-refractivity contribution is 6.31. The summed E-state index contributed by atoms with van der Waals surface area (Å²) < 4.78 is 0. The van der Waals surface area contributed by atoms with Gasteiger partial charge in [0.25, 0.3) is 0 Å². The number of carbonyl (C=O) groups is 2. The van der Waals surface area contributed by atoms with Crippen LogP contribution in [-0.4, -0.2) is 48.9 Å². The Balaban J connectivity index is 1.27. The summed E-state index contributed by atoms with van der Waals surface area (Å²) in [6, 6.07) is 7.81. The predicted octanol–water partition coefficient (Wildman–Crippen LogP) is 2.55. The minimum atomic E-state index is -0.0332. The third-order valence-electron chi connectivity index (χ3n) is 6.18. The fourth-order valence-corrected chi connectivity index (χ4v) is 4.81. The lowest BCUT2D eigenvalue weighted by molar-refractivity contribution is -0.134. The first kappa shape index (κ1) is 18.8. The standard InChI is InChI=1S/C21H28ClN3O2/c22-18-7-2-1-6-15(18)16-11-17(16)21(27)25-10-4-5-14(13-25)12-24-20(26)19-8-3-9-23-19/h1-2,6-7,14,16-17,19,23H,3-5,8-13H2,(H,24,26). The number of amides is 2. The van der Waals surface area contributed by atoms with Gasteiger partial charge >= 0.3 is 0 Å². The second-order valence-corrected chi connectivity index (χ2v) is 8.56. The minimum Gasteiger partial charge on any atom is -0.354 e. The maximum atomic E-state index is 12.9. The Morgan fingerprint density at radius 1 is 1.22 bits per heavy atom. The molecule has 4 atom stereocenters. The molecule has 1 aliphatic carbocycles. The molecule has 2 saturated heterocycles. The van der Waals surface area contributed by atoms with Gasteiger partial charge in [0.1, 0.15) is 0 Å². The summed E-state index contributed by atoms with van der Waals surface area (Å²) in [5.74, 6) is 1.05. The van der Waals surface area contributed by atoms with Crippen LogP contribution in [-0.2, 0) is 9.59 Å². The number of carbonyl (C=O) groups excluding carboxylic acids is 2. The number of hydrogen-bond acceptors (Lipinski definition) is 3. The first-order valence-electron chi connectivity index (χ1n) is 10.2. The lowest BCUT2D eigenvalue weighted by atomic mass is 9.97. The van der Waals surface area contributed by atoms with Crippen molar-refractivity contribution in [2.24, 2.45) is 11.8 Å². The van der Waals surface area contributed by atoms with E-state index in [1.54, 1.807) is 0 Å². The van der Waals surface area contributed by atoms with E-state index in [1.807, 2.05) is 29.2 Å². The normalized spacial score (nSPS) is 30.2. The fourth-order valence-electron chi connectivity index (χ4n) is 4.53. The lowest BCUT2D eigenvalue weighted by Gasteiger charge is -2.33. The van der Waals surface area contributed by atoms with Crippen molar-refractivity contribution in [3.05, 3.63) is 34.9 Å². The van der Waals surface area contributed by atoms with Crippen LogP contribution in [0.2, 0.25) is 5.02 Å². The molecule has 4 rings (SSSR count). The van der Waals surface area contributed by atoms with Crippen molar-refractivity contribution in [3.63, 3.8) is 0 Å². The first-order chi connectivity index (χ1) is 13.1. The second-order valence-electron chi connectivity index (χ2n) is 8.16. The van der Waals surface area contributed by atoms with Crippen LogP contribution in [0.5, 0.6) is 0 Å². The highest BCUT2D eigenvalue weighted by Crippen LogP contribution is 2.50. The van der Waals surface area contributed by atoms with E-state index in [0.29, 0.717) is 12.5 Å². The number of nitrogens with one attached hydrogen (secondary N) is 2. The van der Waals surface area contributed by atoms with Crippen LogP contribution in [0.3, 0.4) is 0 Å². The zero-order valence-electron chi connectivity index (χ0n) is 15.6. The molecule has 4 unspecified atom stereocenters. The quantitative estimate of drug-likeness (QED) is 0.813. The monoisotopic (exact) mass is 389 g/mol. The van der Waals surface area contributed by atoms with Crippen molar-refractivity contribution < 1.29 is 9.59 Å². The van der Waals surface area contributed by atoms with Gasteiger partial charge in [-0.1, -0.05) is 29.8 Å². The Labute approximate surface area is 165 Å². The topological polar surface area (TPSA) is 61.4 Å². The molecular weight excluding hydrogens is 362 g/mol. The van der Waals surface area contributed by atoms with E-state index in [0.717, 1.165) is 62.3 Å². The van der Waals surface area contributed by atoms with Crippen LogP contribution >= 0.6 is 11.6 Å². The number of nitrogens with zero attached hydrogens (tertiary/aromatic N) is 1. The summed E-state index contributed by atoms with van der Waals surface area (Å²) in [4.78, 5) is 27.1. The van der Waals surface area contributed by atoms with Crippen LogP contribution in [0, 0.1) is 11.8 Å². The first-order valence-corrected chi connectivity index (χ1v) is 10.6. The molecule has 6 heteroatoms. The molecule has 146 valence electrons. The number of halogens is 1. The SMILES string of the molecule is O=C(NCC1CCCN(C(=O)C2CC2c2ccccc2Cl)C1)C1CCCN1. The molecule has 2 aliphatic heterocycles. The highest BCUT2D eigenvalue weighted by atomic mass is 35.5. The maximum absolute atomic E-state index is 12.9. The van der Waals surface area contributed by atoms with Gasteiger partial charge in [-0.25, -0.2) is 0 Å². The summed E-state index contributed by atoms with van der Waals surface area (Å²) in [6.45, 7) is 3.18. The summed E-state index contributed by atoms with van der Waals surface area (Å²) in [5, 5.41) is 7.08. The molecule has 1 aromatic rings. The van der Waals surface area contributed by atoms with Crippen molar-refractivity contribution in [1.29, 1.82) is 0 Å². The smallest absolute Gasteiger partial charge is 0.237 e. The molecule has 3 fully saturated rings. The molecule has 5 nitrogen and oxygen atoms in total.